The van der Waals surface area contributed by atoms with E-state index in [1.54, 1.807) is 0 Å². The molecule has 2 rings (SSSR count). The van der Waals surface area contributed by atoms with Crippen molar-refractivity contribution in [2.75, 3.05) is 0 Å². The molecular formula is C31H54O2. The summed E-state index contributed by atoms with van der Waals surface area (Å²) in [4.78, 5) is 0. The molecule has 0 saturated heterocycles. The Kier molecular flexibility index (Phi) is 9.93. The number of rotatable bonds is 9. The largest absolute Gasteiger partial charge is 0.465 e. The highest BCUT2D eigenvalue weighted by Gasteiger charge is 2.34. The van der Waals surface area contributed by atoms with E-state index >= 15 is 0 Å². The molecule has 1 aliphatic rings. The fourth-order valence-corrected chi connectivity index (χ4v) is 5.45. The van der Waals surface area contributed by atoms with Gasteiger partial charge in [0.15, 0.2) is 6.29 Å². The molecule has 2 nitrogen and oxygen atoms in total. The van der Waals surface area contributed by atoms with Crippen molar-refractivity contribution in [2.45, 2.75) is 127 Å². The molecule has 5 unspecified atom stereocenters. The van der Waals surface area contributed by atoms with Gasteiger partial charge in [0.25, 0.3) is 0 Å². The Hall–Kier alpha value is -1.02. The molecule has 0 N–H and O–H groups in total. The van der Waals surface area contributed by atoms with Gasteiger partial charge in [0.2, 0.25) is 0 Å². The zero-order valence-corrected chi connectivity index (χ0v) is 23.7. The molecule has 0 aliphatic heterocycles. The van der Waals surface area contributed by atoms with Crippen LogP contribution in [0.4, 0.5) is 0 Å². The van der Waals surface area contributed by atoms with E-state index in [0.29, 0.717) is 35.2 Å². The van der Waals surface area contributed by atoms with E-state index in [1.165, 1.54) is 24.8 Å². The summed E-state index contributed by atoms with van der Waals surface area (Å²) in [6.07, 6.45) is 5.96. The molecule has 0 radical (unpaired) electrons. The van der Waals surface area contributed by atoms with Gasteiger partial charge >= 0.3 is 0 Å². The highest BCUT2D eigenvalue weighted by Crippen LogP contribution is 2.43. The molecule has 0 spiro atoms. The lowest BCUT2D eigenvalue weighted by molar-refractivity contribution is -0.162. The second-order valence-electron chi connectivity index (χ2n) is 13.9. The quantitative estimate of drug-likeness (QED) is 0.343. The number of hydrogen-bond donors (Lipinski definition) is 0. The van der Waals surface area contributed by atoms with Gasteiger partial charge in [0.05, 0.1) is 6.10 Å². The van der Waals surface area contributed by atoms with Crippen molar-refractivity contribution in [1.82, 2.24) is 0 Å². The molecule has 1 aromatic carbocycles. The molecule has 190 valence electrons. The summed E-state index contributed by atoms with van der Waals surface area (Å²) in [6, 6.07) is 8.89. The van der Waals surface area contributed by atoms with Gasteiger partial charge in [0.1, 0.15) is 5.75 Å². The van der Waals surface area contributed by atoms with Gasteiger partial charge in [-0.1, -0.05) is 94.7 Å². The van der Waals surface area contributed by atoms with Crippen molar-refractivity contribution in [3.63, 3.8) is 0 Å². The third kappa shape index (κ3) is 9.27. The lowest BCUT2D eigenvalue weighted by Crippen LogP contribution is -2.39. The van der Waals surface area contributed by atoms with Gasteiger partial charge in [-0.05, 0) is 77.4 Å². The van der Waals surface area contributed by atoms with Gasteiger partial charge in [-0.3, -0.25) is 0 Å². The minimum Gasteiger partial charge on any atom is -0.465 e. The second-order valence-corrected chi connectivity index (χ2v) is 13.9. The monoisotopic (exact) mass is 458 g/mol. The molecule has 1 aliphatic carbocycles. The first-order valence-corrected chi connectivity index (χ1v) is 13.6. The molecule has 2 heteroatoms. The highest BCUT2D eigenvalue weighted by atomic mass is 16.7. The van der Waals surface area contributed by atoms with Crippen LogP contribution in [0.15, 0.2) is 24.3 Å². The molecule has 1 fully saturated rings. The van der Waals surface area contributed by atoms with Gasteiger partial charge in [-0.25, -0.2) is 0 Å². The highest BCUT2D eigenvalue weighted by molar-refractivity contribution is 5.30. The molecular weight excluding hydrogens is 404 g/mol. The first kappa shape index (κ1) is 28.2. The maximum atomic E-state index is 6.73. The summed E-state index contributed by atoms with van der Waals surface area (Å²) in [5.41, 5.74) is 1.93. The molecule has 0 bridgehead atoms. The van der Waals surface area contributed by atoms with Gasteiger partial charge < -0.3 is 9.47 Å². The predicted octanol–water partition coefficient (Wildman–Crippen LogP) is 9.48. The van der Waals surface area contributed by atoms with Crippen molar-refractivity contribution in [3.05, 3.63) is 29.8 Å². The van der Waals surface area contributed by atoms with Crippen LogP contribution < -0.4 is 4.74 Å². The average Bonchev–Trinajstić information content (AvgIpc) is 2.64. The van der Waals surface area contributed by atoms with Gasteiger partial charge in [0, 0.05) is 6.42 Å². The van der Waals surface area contributed by atoms with Crippen molar-refractivity contribution in [1.29, 1.82) is 0 Å². The zero-order chi connectivity index (χ0) is 25.0. The maximum Gasteiger partial charge on any atom is 0.200 e. The Bertz CT molecular complexity index is 689. The van der Waals surface area contributed by atoms with Crippen LogP contribution in [0, 0.1) is 34.5 Å². The topological polar surface area (TPSA) is 18.5 Å². The van der Waals surface area contributed by atoms with E-state index in [9.17, 15) is 0 Å². The summed E-state index contributed by atoms with van der Waals surface area (Å²) in [5.74, 6) is 4.00. The van der Waals surface area contributed by atoms with Gasteiger partial charge in [-0.2, -0.15) is 0 Å². The molecule has 0 amide bonds. The second kappa shape index (κ2) is 11.6. The Balaban J connectivity index is 2.17. The summed E-state index contributed by atoms with van der Waals surface area (Å²) < 4.78 is 13.2. The van der Waals surface area contributed by atoms with Crippen molar-refractivity contribution in [2.24, 2.45) is 34.5 Å². The Morgan fingerprint density at radius 1 is 0.909 bits per heavy atom. The summed E-state index contributed by atoms with van der Waals surface area (Å²) >= 11 is 0. The van der Waals surface area contributed by atoms with E-state index in [1.807, 2.05) is 0 Å². The normalized spacial score (nSPS) is 24.2. The summed E-state index contributed by atoms with van der Waals surface area (Å²) in [7, 11) is 0. The molecule has 0 heterocycles. The van der Waals surface area contributed by atoms with E-state index in [2.05, 4.69) is 100 Å². The standard InChI is InChI=1S/C31H54O2/c1-21(2)18-29(33-28-19-23(5)12-17-26(28)22(3)4)32-25-15-13-24(14-16-25)27(31(9,10)11)20-30(6,7)8/h13-16,21-23,26-29H,12,17-20H2,1-11H3. The lowest BCUT2D eigenvalue weighted by atomic mass is 9.69. The van der Waals surface area contributed by atoms with Crippen LogP contribution in [0.5, 0.6) is 5.75 Å². The number of benzene rings is 1. The summed E-state index contributed by atoms with van der Waals surface area (Å²) in [5, 5.41) is 0. The van der Waals surface area contributed by atoms with E-state index in [4.69, 9.17) is 9.47 Å². The maximum absolute atomic E-state index is 6.73. The molecule has 33 heavy (non-hydrogen) atoms. The minimum absolute atomic E-state index is 0.180. The molecule has 1 aromatic rings. The third-order valence-electron chi connectivity index (χ3n) is 7.36. The van der Waals surface area contributed by atoms with Crippen LogP contribution in [0.2, 0.25) is 0 Å². The predicted molar refractivity (Wildman–Crippen MR) is 143 cm³/mol. The SMILES string of the molecule is CC(C)CC(Oc1ccc(C(CC(C)(C)C)C(C)(C)C)cc1)OC1CC(C)CCC1C(C)C. The van der Waals surface area contributed by atoms with Gasteiger partial charge in [-0.15, -0.1) is 0 Å². The first-order valence-electron chi connectivity index (χ1n) is 13.6. The smallest absolute Gasteiger partial charge is 0.200 e. The minimum atomic E-state index is -0.180. The van der Waals surface area contributed by atoms with Crippen molar-refractivity contribution < 1.29 is 9.47 Å². The zero-order valence-electron chi connectivity index (χ0n) is 23.7. The fourth-order valence-electron chi connectivity index (χ4n) is 5.45. The number of ether oxygens (including phenoxy) is 2. The van der Waals surface area contributed by atoms with Crippen LogP contribution >= 0.6 is 0 Å². The Labute approximate surface area is 206 Å². The van der Waals surface area contributed by atoms with Crippen molar-refractivity contribution >= 4 is 0 Å². The van der Waals surface area contributed by atoms with Crippen LogP contribution in [0.25, 0.3) is 0 Å². The van der Waals surface area contributed by atoms with Crippen LogP contribution in [0.3, 0.4) is 0 Å². The fraction of sp³-hybridized carbons (Fsp3) is 0.806. The molecule has 0 aromatic heterocycles. The molecule has 5 atom stereocenters. The molecule has 1 saturated carbocycles. The van der Waals surface area contributed by atoms with Crippen LogP contribution in [-0.2, 0) is 4.74 Å². The van der Waals surface area contributed by atoms with Crippen LogP contribution in [0.1, 0.15) is 120 Å². The van der Waals surface area contributed by atoms with E-state index in [0.717, 1.165) is 24.5 Å². The average molecular weight is 459 g/mol. The first-order chi connectivity index (χ1) is 15.2. The lowest BCUT2D eigenvalue weighted by Gasteiger charge is -2.39. The summed E-state index contributed by atoms with van der Waals surface area (Å²) in [6.45, 7) is 25.7. The van der Waals surface area contributed by atoms with E-state index < -0.39 is 0 Å². The Morgan fingerprint density at radius 3 is 2.00 bits per heavy atom. The van der Waals surface area contributed by atoms with Crippen molar-refractivity contribution in [3.8, 4) is 5.75 Å². The van der Waals surface area contributed by atoms with E-state index in [-0.39, 0.29) is 11.7 Å². The van der Waals surface area contributed by atoms with Crippen LogP contribution in [-0.4, -0.2) is 12.4 Å². The third-order valence-corrected chi connectivity index (χ3v) is 7.36. The Morgan fingerprint density at radius 2 is 1.52 bits per heavy atom. The number of hydrogen-bond acceptors (Lipinski definition) is 2.